The Morgan fingerprint density at radius 3 is 2.57 bits per heavy atom. The number of hydrogen-bond donors (Lipinski definition) is 0. The average Bonchev–Trinajstić information content (AvgIpc) is 3.32. The first-order valence-electron chi connectivity index (χ1n) is 11.5. The summed E-state index contributed by atoms with van der Waals surface area (Å²) in [6.45, 7) is 2.59. The smallest absolute Gasteiger partial charge is 0.270 e. The van der Waals surface area contributed by atoms with Crippen LogP contribution in [0, 0.1) is 22.0 Å². The molecule has 3 heterocycles. The third-order valence-electron chi connectivity index (χ3n) is 7.19. The van der Waals surface area contributed by atoms with Crippen molar-refractivity contribution in [2.75, 3.05) is 25.2 Å². The van der Waals surface area contributed by atoms with Crippen LogP contribution in [0.5, 0.6) is 0 Å². The molecule has 0 saturated carbocycles. The molecule has 0 radical (unpaired) electrons. The fraction of sp³-hybridized carbons (Fsp3) is 0.346. The van der Waals surface area contributed by atoms with Gasteiger partial charge in [-0.2, -0.15) is 0 Å². The zero-order valence-corrected chi connectivity index (χ0v) is 19.4. The van der Waals surface area contributed by atoms with E-state index in [0.29, 0.717) is 13.0 Å². The van der Waals surface area contributed by atoms with Gasteiger partial charge in [-0.25, -0.2) is 0 Å². The normalized spacial score (nSPS) is 24.7. The maximum atomic E-state index is 13.9. The number of nitro groups is 1. The van der Waals surface area contributed by atoms with Gasteiger partial charge in [0.2, 0.25) is 11.8 Å². The predicted molar refractivity (Wildman–Crippen MR) is 128 cm³/mol. The van der Waals surface area contributed by atoms with Crippen LogP contribution < -0.4 is 4.90 Å². The fourth-order valence-electron chi connectivity index (χ4n) is 5.69. The van der Waals surface area contributed by atoms with E-state index >= 15 is 0 Å². The van der Waals surface area contributed by atoms with Gasteiger partial charge in [-0.1, -0.05) is 36.4 Å². The van der Waals surface area contributed by atoms with E-state index in [1.54, 1.807) is 7.11 Å². The molecule has 9 heteroatoms. The second-order valence-electron chi connectivity index (χ2n) is 9.11. The van der Waals surface area contributed by atoms with Gasteiger partial charge in [0, 0.05) is 49.2 Å². The molecule has 35 heavy (non-hydrogen) atoms. The molecule has 2 amide bonds. The maximum Gasteiger partial charge on any atom is 0.270 e. The van der Waals surface area contributed by atoms with Crippen LogP contribution in [0.25, 0.3) is 5.57 Å². The van der Waals surface area contributed by atoms with E-state index in [-0.39, 0.29) is 29.6 Å². The van der Waals surface area contributed by atoms with Crippen molar-refractivity contribution in [2.24, 2.45) is 11.8 Å². The predicted octanol–water partition coefficient (Wildman–Crippen LogP) is 3.09. The van der Waals surface area contributed by atoms with Gasteiger partial charge in [0.05, 0.1) is 22.8 Å². The van der Waals surface area contributed by atoms with Gasteiger partial charge in [0.1, 0.15) is 6.04 Å². The molecular formula is C26H25N3O6. The van der Waals surface area contributed by atoms with Crippen molar-refractivity contribution in [3.8, 4) is 0 Å². The average molecular weight is 476 g/mol. The molecule has 2 fully saturated rings. The standard InChI is InChI=1S/C26H25N3O6/c1-15-13-20-21-22(26(32)27(25(21)31)11-6-12-35-2)23(28(20)19-10-4-3-9-18(15)19)24(30)16-7-5-8-17(14-16)29(33)34/h3-5,7-10,13-14,20-23H,6,11-12H2,1-2H3/t20-,21-,22-,23-/m1/s1. The van der Waals surface area contributed by atoms with Crippen molar-refractivity contribution in [2.45, 2.75) is 25.4 Å². The topological polar surface area (TPSA) is 110 Å². The highest BCUT2D eigenvalue weighted by Gasteiger charge is 2.64. The van der Waals surface area contributed by atoms with Crippen LogP contribution in [-0.2, 0) is 14.3 Å². The van der Waals surface area contributed by atoms with Gasteiger partial charge in [-0.05, 0) is 25.0 Å². The van der Waals surface area contributed by atoms with Gasteiger partial charge in [0.15, 0.2) is 5.78 Å². The Kier molecular flexibility index (Phi) is 5.72. The SMILES string of the molecule is COCCCN1C(=O)[C@@H]2[C@H](C1=O)[C@H]1C=C(C)c3ccccc3N1[C@H]2C(=O)c1cccc([N+](=O)[O-])c1. The Balaban J connectivity index is 1.62. The van der Waals surface area contributed by atoms with E-state index in [2.05, 4.69) is 0 Å². The van der Waals surface area contributed by atoms with Crippen LogP contribution in [-0.4, -0.2) is 59.8 Å². The first-order valence-corrected chi connectivity index (χ1v) is 11.5. The van der Waals surface area contributed by atoms with Gasteiger partial charge in [0.25, 0.3) is 5.69 Å². The number of carbonyl (C=O) groups excluding carboxylic acids is 3. The van der Waals surface area contributed by atoms with Crippen LogP contribution in [0.15, 0.2) is 54.6 Å². The molecule has 0 aliphatic carbocycles. The molecule has 9 nitrogen and oxygen atoms in total. The molecule has 3 aliphatic heterocycles. The third-order valence-corrected chi connectivity index (χ3v) is 7.19. The molecule has 4 atom stereocenters. The number of ketones is 1. The van der Waals surface area contributed by atoms with Crippen molar-refractivity contribution in [3.63, 3.8) is 0 Å². The molecule has 2 saturated heterocycles. The number of nitrogens with zero attached hydrogens (tertiary/aromatic N) is 3. The van der Waals surface area contributed by atoms with Crippen molar-refractivity contribution in [1.29, 1.82) is 0 Å². The van der Waals surface area contributed by atoms with Crippen molar-refractivity contribution >= 4 is 34.5 Å². The number of para-hydroxylation sites is 1. The first-order chi connectivity index (χ1) is 16.8. The lowest BCUT2D eigenvalue weighted by Crippen LogP contribution is -2.49. The highest BCUT2D eigenvalue weighted by Crippen LogP contribution is 2.50. The van der Waals surface area contributed by atoms with Gasteiger partial charge >= 0.3 is 0 Å². The lowest BCUT2D eigenvalue weighted by atomic mass is 9.85. The second kappa shape index (κ2) is 8.74. The number of nitro benzene ring substituents is 1. The van der Waals surface area contributed by atoms with Crippen molar-refractivity contribution < 1.29 is 24.0 Å². The fourth-order valence-corrected chi connectivity index (χ4v) is 5.69. The summed E-state index contributed by atoms with van der Waals surface area (Å²) >= 11 is 0. The third kappa shape index (κ3) is 3.54. The van der Waals surface area contributed by atoms with E-state index in [1.165, 1.54) is 29.2 Å². The molecule has 0 bridgehead atoms. The van der Waals surface area contributed by atoms with E-state index in [1.807, 2.05) is 42.2 Å². The number of ether oxygens (including phenoxy) is 1. The Hall–Kier alpha value is -3.85. The monoisotopic (exact) mass is 475 g/mol. The zero-order chi connectivity index (χ0) is 24.9. The highest BCUT2D eigenvalue weighted by atomic mass is 16.6. The summed E-state index contributed by atoms with van der Waals surface area (Å²) < 4.78 is 5.08. The number of amides is 2. The lowest BCUT2D eigenvalue weighted by molar-refractivity contribution is -0.384. The highest BCUT2D eigenvalue weighted by molar-refractivity contribution is 6.14. The first kappa shape index (κ1) is 22.9. The number of non-ortho nitro benzene ring substituents is 1. The Morgan fingerprint density at radius 1 is 1.09 bits per heavy atom. The van der Waals surface area contributed by atoms with Crippen LogP contribution in [0.4, 0.5) is 11.4 Å². The number of rotatable bonds is 7. The number of imide groups is 1. The largest absolute Gasteiger partial charge is 0.385 e. The quantitative estimate of drug-likeness (QED) is 0.199. The van der Waals surface area contributed by atoms with Crippen LogP contribution >= 0.6 is 0 Å². The molecule has 2 aromatic carbocycles. The summed E-state index contributed by atoms with van der Waals surface area (Å²) in [5.74, 6) is -2.66. The minimum Gasteiger partial charge on any atom is -0.385 e. The minimum atomic E-state index is -0.957. The summed E-state index contributed by atoms with van der Waals surface area (Å²) in [6.07, 6.45) is 2.47. The Labute approximate surface area is 202 Å². The summed E-state index contributed by atoms with van der Waals surface area (Å²) in [7, 11) is 1.56. The number of anilines is 1. The van der Waals surface area contributed by atoms with Gasteiger partial charge in [-0.15, -0.1) is 0 Å². The van der Waals surface area contributed by atoms with Crippen molar-refractivity contribution in [3.05, 3.63) is 75.8 Å². The second-order valence-corrected chi connectivity index (χ2v) is 9.11. The maximum absolute atomic E-state index is 13.9. The van der Waals surface area contributed by atoms with Crippen LogP contribution in [0.3, 0.4) is 0 Å². The number of fused-ring (bicyclic) bond motifs is 5. The molecule has 0 N–H and O–H groups in total. The summed E-state index contributed by atoms with van der Waals surface area (Å²) in [4.78, 5) is 55.0. The number of carbonyl (C=O) groups is 3. The van der Waals surface area contributed by atoms with Gasteiger partial charge in [-0.3, -0.25) is 29.4 Å². The Bertz CT molecular complexity index is 1270. The summed E-state index contributed by atoms with van der Waals surface area (Å²) in [5, 5.41) is 11.3. The summed E-state index contributed by atoms with van der Waals surface area (Å²) in [6, 6.07) is 11.7. The molecule has 3 aliphatic rings. The van der Waals surface area contributed by atoms with Crippen molar-refractivity contribution in [1.82, 2.24) is 4.90 Å². The number of Topliss-reactive ketones (excluding diaryl/α,β-unsaturated/α-hetero) is 1. The number of hydrogen-bond acceptors (Lipinski definition) is 7. The number of benzene rings is 2. The molecular weight excluding hydrogens is 450 g/mol. The molecule has 2 aromatic rings. The Morgan fingerprint density at radius 2 is 1.83 bits per heavy atom. The lowest BCUT2D eigenvalue weighted by Gasteiger charge is -2.38. The minimum absolute atomic E-state index is 0.144. The summed E-state index contributed by atoms with van der Waals surface area (Å²) in [5.41, 5.74) is 2.62. The number of methoxy groups -OCH3 is 1. The van der Waals surface area contributed by atoms with Crippen LogP contribution in [0.2, 0.25) is 0 Å². The van der Waals surface area contributed by atoms with E-state index in [4.69, 9.17) is 4.74 Å². The van der Waals surface area contributed by atoms with E-state index in [0.717, 1.165) is 16.8 Å². The van der Waals surface area contributed by atoms with Gasteiger partial charge < -0.3 is 9.64 Å². The molecule has 0 spiro atoms. The van der Waals surface area contributed by atoms with Crippen LogP contribution in [0.1, 0.15) is 29.3 Å². The number of likely N-dealkylation sites (tertiary alicyclic amines) is 1. The zero-order valence-electron chi connectivity index (χ0n) is 19.4. The van der Waals surface area contributed by atoms with E-state index < -0.39 is 34.6 Å². The molecule has 5 rings (SSSR count). The number of allylic oxidation sites excluding steroid dienone is 1. The molecule has 0 unspecified atom stereocenters. The molecule has 180 valence electrons. The van der Waals surface area contributed by atoms with E-state index in [9.17, 15) is 24.5 Å². The molecule has 0 aromatic heterocycles.